The summed E-state index contributed by atoms with van der Waals surface area (Å²) in [5.41, 5.74) is 0. The van der Waals surface area contributed by atoms with Crippen molar-refractivity contribution in [3.63, 3.8) is 0 Å². The van der Waals surface area contributed by atoms with Gasteiger partial charge in [-0.15, -0.1) is 0 Å². The van der Waals surface area contributed by atoms with Gasteiger partial charge in [-0.2, -0.15) is 5.06 Å². The molecule has 10 heavy (non-hydrogen) atoms. The summed E-state index contributed by atoms with van der Waals surface area (Å²) in [7, 11) is 1.55. The lowest BCUT2D eigenvalue weighted by atomic mass is 10.5. The van der Waals surface area contributed by atoms with E-state index >= 15 is 0 Å². The molecule has 1 aromatic rings. The molecule has 0 saturated heterocycles. The molecule has 0 bridgehead atoms. The normalized spacial score (nSPS) is 10.3. The fraction of sp³-hybridized carbons (Fsp3) is 0.333. The third-order valence-corrected chi connectivity index (χ3v) is 0.989. The maximum absolute atomic E-state index is 8.76. The van der Waals surface area contributed by atoms with Crippen LogP contribution in [0.4, 0.5) is 0 Å². The van der Waals surface area contributed by atoms with Crippen molar-refractivity contribution >= 4 is 0 Å². The molecule has 1 aromatic heterocycles. The highest BCUT2D eigenvalue weighted by molar-refractivity contribution is 4.86. The molecule has 0 radical (unpaired) electrons. The molecule has 0 amide bonds. The number of hydrogen-bond acceptors (Lipinski definition) is 4. The Morgan fingerprint density at radius 2 is 2.10 bits per heavy atom. The van der Waals surface area contributed by atoms with E-state index in [0.717, 1.165) is 5.06 Å². The molecule has 1 heterocycles. The standard InChI is InChI=1S/C6H9N3O/c1-9(10)5-6-7-3-2-4-8-6/h2-4,10H,5H2,1H3. The average Bonchev–Trinajstić information content (AvgIpc) is 1.88. The molecule has 0 spiro atoms. The Morgan fingerprint density at radius 1 is 1.50 bits per heavy atom. The van der Waals surface area contributed by atoms with E-state index in [9.17, 15) is 0 Å². The predicted octanol–water partition coefficient (Wildman–Crippen LogP) is 0.298. The second kappa shape index (κ2) is 3.24. The molecular weight excluding hydrogens is 130 g/mol. The topological polar surface area (TPSA) is 49.2 Å². The van der Waals surface area contributed by atoms with Crippen LogP contribution in [0, 0.1) is 0 Å². The maximum atomic E-state index is 8.76. The van der Waals surface area contributed by atoms with Gasteiger partial charge in [0.1, 0.15) is 5.82 Å². The molecule has 0 aliphatic carbocycles. The third kappa shape index (κ3) is 2.08. The Morgan fingerprint density at radius 3 is 2.60 bits per heavy atom. The van der Waals surface area contributed by atoms with Gasteiger partial charge in [-0.25, -0.2) is 9.97 Å². The van der Waals surface area contributed by atoms with Crippen molar-refractivity contribution in [1.29, 1.82) is 0 Å². The summed E-state index contributed by atoms with van der Waals surface area (Å²) < 4.78 is 0. The third-order valence-electron chi connectivity index (χ3n) is 0.989. The van der Waals surface area contributed by atoms with Crippen LogP contribution in [-0.2, 0) is 6.54 Å². The number of hydroxylamine groups is 2. The monoisotopic (exact) mass is 139 g/mol. The van der Waals surface area contributed by atoms with Crippen LogP contribution < -0.4 is 0 Å². The fourth-order valence-corrected chi connectivity index (χ4v) is 0.616. The van der Waals surface area contributed by atoms with E-state index in [1.54, 1.807) is 25.5 Å². The van der Waals surface area contributed by atoms with Gasteiger partial charge in [-0.1, -0.05) is 0 Å². The molecule has 4 nitrogen and oxygen atoms in total. The minimum absolute atomic E-state index is 0.362. The van der Waals surface area contributed by atoms with Crippen LogP contribution in [0.2, 0.25) is 0 Å². The Kier molecular flexibility index (Phi) is 2.30. The van der Waals surface area contributed by atoms with Gasteiger partial charge in [0.25, 0.3) is 0 Å². The fourth-order valence-electron chi connectivity index (χ4n) is 0.616. The summed E-state index contributed by atoms with van der Waals surface area (Å²) in [4.78, 5) is 7.81. The van der Waals surface area contributed by atoms with E-state index in [2.05, 4.69) is 9.97 Å². The van der Waals surface area contributed by atoms with Crippen molar-refractivity contribution in [2.75, 3.05) is 7.05 Å². The van der Waals surface area contributed by atoms with Gasteiger partial charge in [-0.3, -0.25) is 0 Å². The molecule has 0 atom stereocenters. The van der Waals surface area contributed by atoms with Crippen molar-refractivity contribution in [3.05, 3.63) is 24.3 Å². The lowest BCUT2D eigenvalue weighted by Gasteiger charge is -2.04. The average molecular weight is 139 g/mol. The lowest BCUT2D eigenvalue weighted by Crippen LogP contribution is -2.13. The van der Waals surface area contributed by atoms with Gasteiger partial charge < -0.3 is 5.21 Å². The van der Waals surface area contributed by atoms with E-state index < -0.39 is 0 Å². The van der Waals surface area contributed by atoms with Crippen molar-refractivity contribution in [3.8, 4) is 0 Å². The largest absolute Gasteiger partial charge is 0.314 e. The summed E-state index contributed by atoms with van der Waals surface area (Å²) in [6.45, 7) is 0.362. The summed E-state index contributed by atoms with van der Waals surface area (Å²) in [6, 6.07) is 1.74. The first-order chi connectivity index (χ1) is 4.79. The molecule has 4 heteroatoms. The minimum Gasteiger partial charge on any atom is -0.314 e. The van der Waals surface area contributed by atoms with Crippen molar-refractivity contribution in [2.45, 2.75) is 6.54 Å². The van der Waals surface area contributed by atoms with E-state index in [0.29, 0.717) is 12.4 Å². The van der Waals surface area contributed by atoms with Gasteiger partial charge in [0.2, 0.25) is 0 Å². The summed E-state index contributed by atoms with van der Waals surface area (Å²) >= 11 is 0. The molecular formula is C6H9N3O. The molecule has 0 aliphatic rings. The predicted molar refractivity (Wildman–Crippen MR) is 35.3 cm³/mol. The smallest absolute Gasteiger partial charge is 0.144 e. The van der Waals surface area contributed by atoms with Crippen LogP contribution in [-0.4, -0.2) is 27.3 Å². The van der Waals surface area contributed by atoms with Crippen LogP contribution in [0.3, 0.4) is 0 Å². The highest BCUT2D eigenvalue weighted by Gasteiger charge is 1.95. The summed E-state index contributed by atoms with van der Waals surface area (Å²) in [6.07, 6.45) is 3.29. The zero-order valence-electron chi connectivity index (χ0n) is 5.73. The van der Waals surface area contributed by atoms with Crippen LogP contribution in [0.15, 0.2) is 18.5 Å². The van der Waals surface area contributed by atoms with Crippen LogP contribution >= 0.6 is 0 Å². The second-order valence-corrected chi connectivity index (χ2v) is 1.98. The van der Waals surface area contributed by atoms with Gasteiger partial charge in [-0.05, 0) is 6.07 Å². The SMILES string of the molecule is CN(O)Cc1ncccn1. The Hall–Kier alpha value is -1.00. The van der Waals surface area contributed by atoms with Crippen molar-refractivity contribution in [1.82, 2.24) is 15.0 Å². The first-order valence-electron chi connectivity index (χ1n) is 2.95. The zero-order valence-corrected chi connectivity index (χ0v) is 5.73. The highest BCUT2D eigenvalue weighted by atomic mass is 16.5. The Bertz CT molecular complexity index is 187. The molecule has 0 unspecified atom stereocenters. The van der Waals surface area contributed by atoms with Crippen LogP contribution in [0.25, 0.3) is 0 Å². The minimum atomic E-state index is 0.362. The van der Waals surface area contributed by atoms with Crippen molar-refractivity contribution < 1.29 is 5.21 Å². The molecule has 0 aromatic carbocycles. The quantitative estimate of drug-likeness (QED) is 0.598. The van der Waals surface area contributed by atoms with E-state index in [1.165, 1.54) is 0 Å². The molecule has 54 valence electrons. The van der Waals surface area contributed by atoms with Crippen molar-refractivity contribution in [2.24, 2.45) is 0 Å². The number of hydrogen-bond donors (Lipinski definition) is 1. The molecule has 0 aliphatic heterocycles. The van der Waals surface area contributed by atoms with E-state index in [4.69, 9.17) is 5.21 Å². The van der Waals surface area contributed by atoms with Gasteiger partial charge in [0, 0.05) is 19.4 Å². The highest BCUT2D eigenvalue weighted by Crippen LogP contribution is 1.89. The van der Waals surface area contributed by atoms with Gasteiger partial charge in [0.05, 0.1) is 6.54 Å². The number of nitrogens with zero attached hydrogens (tertiary/aromatic N) is 3. The summed E-state index contributed by atoms with van der Waals surface area (Å²) in [5, 5.41) is 9.80. The lowest BCUT2D eigenvalue weighted by molar-refractivity contribution is -0.0750. The first-order valence-corrected chi connectivity index (χ1v) is 2.95. The van der Waals surface area contributed by atoms with E-state index in [-0.39, 0.29) is 0 Å². The number of rotatable bonds is 2. The van der Waals surface area contributed by atoms with E-state index in [1.807, 2.05) is 0 Å². The molecule has 0 saturated carbocycles. The number of aromatic nitrogens is 2. The Labute approximate surface area is 59.1 Å². The Balaban J connectivity index is 2.59. The van der Waals surface area contributed by atoms with Gasteiger partial charge >= 0.3 is 0 Å². The zero-order chi connectivity index (χ0) is 7.40. The molecule has 1 N–H and O–H groups in total. The van der Waals surface area contributed by atoms with Crippen LogP contribution in [0.1, 0.15) is 5.82 Å². The molecule has 0 fully saturated rings. The molecule has 1 rings (SSSR count). The second-order valence-electron chi connectivity index (χ2n) is 1.98. The van der Waals surface area contributed by atoms with Gasteiger partial charge in [0.15, 0.2) is 0 Å². The summed E-state index contributed by atoms with van der Waals surface area (Å²) in [5.74, 6) is 0.618. The van der Waals surface area contributed by atoms with Crippen LogP contribution in [0.5, 0.6) is 0 Å². The maximum Gasteiger partial charge on any atom is 0.144 e. The first kappa shape index (κ1) is 7.11.